The molecule has 1 amide bonds. The number of carbonyl (C=O) groups is 1. The summed E-state index contributed by atoms with van der Waals surface area (Å²) in [5, 5.41) is 4.34. The Labute approximate surface area is 165 Å². The highest BCUT2D eigenvalue weighted by molar-refractivity contribution is 5.98. The summed E-state index contributed by atoms with van der Waals surface area (Å²) in [5.41, 5.74) is 2.82. The Hall–Kier alpha value is -2.70. The van der Waals surface area contributed by atoms with Crippen LogP contribution in [0.3, 0.4) is 0 Å². The zero-order valence-corrected chi connectivity index (χ0v) is 16.4. The van der Waals surface area contributed by atoms with Crippen molar-refractivity contribution in [2.75, 3.05) is 33.7 Å². The quantitative estimate of drug-likeness (QED) is 0.692. The molecule has 6 heteroatoms. The van der Waals surface area contributed by atoms with Crippen molar-refractivity contribution < 1.29 is 4.79 Å². The molecule has 1 fully saturated rings. The van der Waals surface area contributed by atoms with E-state index in [1.807, 2.05) is 48.8 Å². The summed E-state index contributed by atoms with van der Waals surface area (Å²) in [5.74, 6) is 0.384. The molecule has 0 saturated carbocycles. The second kappa shape index (κ2) is 8.12. The molecule has 2 aromatic heterocycles. The van der Waals surface area contributed by atoms with Gasteiger partial charge in [0.05, 0.1) is 5.69 Å². The van der Waals surface area contributed by atoms with Crippen molar-refractivity contribution in [1.82, 2.24) is 25.1 Å². The molecule has 0 aliphatic carbocycles. The van der Waals surface area contributed by atoms with Gasteiger partial charge >= 0.3 is 0 Å². The molecule has 2 atom stereocenters. The van der Waals surface area contributed by atoms with Gasteiger partial charge in [-0.1, -0.05) is 6.07 Å². The fraction of sp³-hybridized carbons (Fsp3) is 0.364. The third kappa shape index (κ3) is 4.24. The molecule has 0 bridgehead atoms. The minimum absolute atomic E-state index is 0.00320. The Morgan fingerprint density at radius 3 is 2.93 bits per heavy atom. The van der Waals surface area contributed by atoms with E-state index in [-0.39, 0.29) is 11.9 Å². The minimum atomic E-state index is -0.00320. The number of nitrogens with one attached hydrogen (secondary N) is 2. The van der Waals surface area contributed by atoms with Gasteiger partial charge < -0.3 is 15.2 Å². The smallest absolute Gasteiger partial charge is 0.251 e. The summed E-state index contributed by atoms with van der Waals surface area (Å²) in [4.78, 5) is 25.1. The summed E-state index contributed by atoms with van der Waals surface area (Å²) < 4.78 is 0. The largest absolute Gasteiger partial charge is 0.361 e. The molecule has 4 rings (SSSR count). The van der Waals surface area contributed by atoms with Gasteiger partial charge in [0.1, 0.15) is 0 Å². The van der Waals surface area contributed by atoms with Crippen molar-refractivity contribution >= 4 is 16.8 Å². The van der Waals surface area contributed by atoms with Gasteiger partial charge in [0.25, 0.3) is 5.91 Å². The molecule has 3 aromatic rings. The molecule has 0 radical (unpaired) electrons. The Balaban J connectivity index is 1.46. The zero-order chi connectivity index (χ0) is 19.5. The van der Waals surface area contributed by atoms with Crippen LogP contribution >= 0.6 is 0 Å². The average Bonchev–Trinajstić information content (AvgIpc) is 3.28. The number of pyridine rings is 1. The van der Waals surface area contributed by atoms with Crippen molar-refractivity contribution in [3.05, 3.63) is 66.1 Å². The highest BCUT2D eigenvalue weighted by atomic mass is 16.1. The molecular formula is C22H27N5O. The van der Waals surface area contributed by atoms with E-state index in [2.05, 4.69) is 45.2 Å². The molecule has 1 aliphatic heterocycles. The fourth-order valence-electron chi connectivity index (χ4n) is 4.07. The van der Waals surface area contributed by atoms with E-state index in [0.717, 1.165) is 42.8 Å². The molecule has 6 nitrogen and oxygen atoms in total. The monoisotopic (exact) mass is 377 g/mol. The summed E-state index contributed by atoms with van der Waals surface area (Å²) in [6.45, 7) is 3.55. The van der Waals surface area contributed by atoms with E-state index < -0.39 is 0 Å². The first-order chi connectivity index (χ1) is 13.6. The van der Waals surface area contributed by atoms with Crippen LogP contribution < -0.4 is 5.32 Å². The van der Waals surface area contributed by atoms with Gasteiger partial charge in [0.15, 0.2) is 0 Å². The first kappa shape index (κ1) is 18.7. The van der Waals surface area contributed by atoms with Gasteiger partial charge in [-0.15, -0.1) is 0 Å². The van der Waals surface area contributed by atoms with Crippen molar-refractivity contribution in [1.29, 1.82) is 0 Å². The van der Waals surface area contributed by atoms with Crippen LogP contribution in [0.1, 0.15) is 16.1 Å². The van der Waals surface area contributed by atoms with Gasteiger partial charge in [0, 0.05) is 67.0 Å². The predicted molar refractivity (Wildman–Crippen MR) is 111 cm³/mol. The van der Waals surface area contributed by atoms with E-state index in [1.54, 1.807) is 0 Å². The number of carbonyl (C=O) groups excluding carboxylic acids is 1. The topological polar surface area (TPSA) is 64.3 Å². The highest BCUT2D eigenvalue weighted by Gasteiger charge is 2.34. The van der Waals surface area contributed by atoms with Crippen LogP contribution in [-0.4, -0.2) is 65.4 Å². The average molecular weight is 377 g/mol. The number of H-pyrrole nitrogens is 1. The summed E-state index contributed by atoms with van der Waals surface area (Å²) >= 11 is 0. The van der Waals surface area contributed by atoms with Crippen LogP contribution in [0.15, 0.2) is 54.9 Å². The number of benzene rings is 1. The van der Waals surface area contributed by atoms with Crippen molar-refractivity contribution in [3.8, 4) is 0 Å². The number of nitrogens with zero attached hydrogens (tertiary/aromatic N) is 3. The number of fused-ring (bicyclic) bond motifs is 1. The second-order valence-corrected chi connectivity index (χ2v) is 7.90. The molecule has 2 unspecified atom stereocenters. The molecule has 1 saturated heterocycles. The Bertz CT molecular complexity index is 936. The van der Waals surface area contributed by atoms with Crippen molar-refractivity contribution in [2.45, 2.75) is 12.6 Å². The van der Waals surface area contributed by atoms with Gasteiger partial charge in [-0.25, -0.2) is 0 Å². The first-order valence-electron chi connectivity index (χ1n) is 9.73. The van der Waals surface area contributed by atoms with Crippen LogP contribution in [0.5, 0.6) is 0 Å². The van der Waals surface area contributed by atoms with Crippen molar-refractivity contribution in [3.63, 3.8) is 0 Å². The lowest BCUT2D eigenvalue weighted by Gasteiger charge is -2.23. The lowest BCUT2D eigenvalue weighted by molar-refractivity contribution is 0.0927. The van der Waals surface area contributed by atoms with E-state index in [9.17, 15) is 4.79 Å². The van der Waals surface area contributed by atoms with E-state index in [4.69, 9.17) is 0 Å². The minimum Gasteiger partial charge on any atom is -0.361 e. The number of rotatable bonds is 6. The number of amides is 1. The highest BCUT2D eigenvalue weighted by Crippen LogP contribution is 2.21. The maximum absolute atomic E-state index is 12.9. The maximum atomic E-state index is 12.9. The van der Waals surface area contributed by atoms with E-state index in [1.165, 1.54) is 0 Å². The summed E-state index contributed by atoms with van der Waals surface area (Å²) in [6.07, 6.45) is 3.73. The number of aromatic amines is 1. The van der Waals surface area contributed by atoms with E-state index >= 15 is 0 Å². The molecule has 28 heavy (non-hydrogen) atoms. The van der Waals surface area contributed by atoms with Crippen LogP contribution in [0.25, 0.3) is 10.9 Å². The van der Waals surface area contributed by atoms with Gasteiger partial charge in [-0.05, 0) is 50.5 Å². The molecule has 1 aromatic carbocycles. The molecule has 146 valence electrons. The SMILES string of the molecule is CN(C)CC1CN(Cc2ccccn2)CC1NC(=O)c1ccc2[nH]ccc2c1. The molecule has 0 spiro atoms. The maximum Gasteiger partial charge on any atom is 0.251 e. The molecular weight excluding hydrogens is 350 g/mol. The van der Waals surface area contributed by atoms with E-state index in [0.29, 0.717) is 11.5 Å². The zero-order valence-electron chi connectivity index (χ0n) is 16.4. The second-order valence-electron chi connectivity index (χ2n) is 7.90. The lowest BCUT2D eigenvalue weighted by atomic mass is 10.0. The number of hydrogen-bond acceptors (Lipinski definition) is 4. The van der Waals surface area contributed by atoms with Gasteiger partial charge in [0.2, 0.25) is 0 Å². The number of hydrogen-bond donors (Lipinski definition) is 2. The third-order valence-corrected chi connectivity index (χ3v) is 5.36. The molecule has 3 heterocycles. The van der Waals surface area contributed by atoms with Gasteiger partial charge in [-0.3, -0.25) is 14.7 Å². The summed E-state index contributed by atoms with van der Waals surface area (Å²) in [6, 6.07) is 13.9. The predicted octanol–water partition coefficient (Wildman–Crippen LogP) is 2.35. The third-order valence-electron chi connectivity index (χ3n) is 5.36. The summed E-state index contributed by atoms with van der Waals surface area (Å²) in [7, 11) is 4.17. The number of aromatic nitrogens is 2. The van der Waals surface area contributed by atoms with Crippen LogP contribution in [-0.2, 0) is 6.54 Å². The van der Waals surface area contributed by atoms with Crippen LogP contribution in [0, 0.1) is 5.92 Å². The Kier molecular flexibility index (Phi) is 5.41. The van der Waals surface area contributed by atoms with Crippen molar-refractivity contribution in [2.24, 2.45) is 5.92 Å². The van der Waals surface area contributed by atoms with Crippen LogP contribution in [0.2, 0.25) is 0 Å². The number of likely N-dealkylation sites (tertiary alicyclic amines) is 1. The Morgan fingerprint density at radius 2 is 2.14 bits per heavy atom. The standard InChI is InChI=1S/C22H27N5O/c1-26(2)12-18-13-27(14-19-5-3-4-9-23-19)15-21(18)25-22(28)17-6-7-20-16(11-17)8-10-24-20/h3-11,18,21,24H,12-15H2,1-2H3,(H,25,28). The fourth-order valence-corrected chi connectivity index (χ4v) is 4.07. The normalized spacial score (nSPS) is 20.1. The Morgan fingerprint density at radius 1 is 1.25 bits per heavy atom. The first-order valence-corrected chi connectivity index (χ1v) is 9.73. The van der Waals surface area contributed by atoms with Crippen LogP contribution in [0.4, 0.5) is 0 Å². The van der Waals surface area contributed by atoms with Gasteiger partial charge in [-0.2, -0.15) is 0 Å². The molecule has 1 aliphatic rings. The lowest BCUT2D eigenvalue weighted by Crippen LogP contribution is -2.43. The molecule has 2 N–H and O–H groups in total.